The summed E-state index contributed by atoms with van der Waals surface area (Å²) >= 11 is 0. The second-order valence-corrected chi connectivity index (χ2v) is 8.18. The number of amides is 2. The zero-order chi connectivity index (χ0) is 22.9. The van der Waals surface area contributed by atoms with Crippen molar-refractivity contribution < 1.29 is 9.59 Å². The molecule has 2 amide bonds. The number of carbonyl (C=O) groups excluding carboxylic acids is 2. The van der Waals surface area contributed by atoms with Gasteiger partial charge in [-0.15, -0.1) is 0 Å². The topological polar surface area (TPSA) is 61.4 Å². The summed E-state index contributed by atoms with van der Waals surface area (Å²) in [6, 6.07) is 25.1. The fourth-order valence-corrected chi connectivity index (χ4v) is 4.00. The third-order valence-corrected chi connectivity index (χ3v) is 5.73. The van der Waals surface area contributed by atoms with Crippen molar-refractivity contribution in [3.8, 4) is 0 Å². The van der Waals surface area contributed by atoms with Gasteiger partial charge in [-0.05, 0) is 54.7 Å². The van der Waals surface area contributed by atoms with E-state index in [1.54, 1.807) is 12.1 Å². The van der Waals surface area contributed by atoms with Gasteiger partial charge in [-0.25, -0.2) is 0 Å². The van der Waals surface area contributed by atoms with Crippen molar-refractivity contribution in [1.29, 1.82) is 0 Å². The maximum absolute atomic E-state index is 13.2. The van der Waals surface area contributed by atoms with Crippen molar-refractivity contribution in [3.63, 3.8) is 0 Å². The van der Waals surface area contributed by atoms with Crippen LogP contribution in [0.4, 0.5) is 11.4 Å². The van der Waals surface area contributed by atoms with E-state index in [4.69, 9.17) is 0 Å². The molecule has 1 fully saturated rings. The Labute approximate surface area is 195 Å². The molecule has 0 bridgehead atoms. The van der Waals surface area contributed by atoms with Crippen molar-refractivity contribution in [3.05, 3.63) is 102 Å². The van der Waals surface area contributed by atoms with Gasteiger partial charge in [0, 0.05) is 37.1 Å². The number of carbonyl (C=O) groups is 2. The second-order valence-electron chi connectivity index (χ2n) is 8.18. The van der Waals surface area contributed by atoms with Gasteiger partial charge in [-0.3, -0.25) is 9.59 Å². The zero-order valence-corrected chi connectivity index (χ0v) is 18.7. The van der Waals surface area contributed by atoms with Crippen LogP contribution in [0.2, 0.25) is 0 Å². The highest BCUT2D eigenvalue weighted by Crippen LogP contribution is 2.27. The average molecular weight is 440 g/mol. The van der Waals surface area contributed by atoms with Gasteiger partial charge >= 0.3 is 0 Å². The predicted octanol–water partition coefficient (Wildman–Crippen LogP) is 5.26. The van der Waals surface area contributed by atoms with Gasteiger partial charge in [0.2, 0.25) is 5.91 Å². The van der Waals surface area contributed by atoms with Crippen LogP contribution in [0, 0.1) is 0 Å². The Morgan fingerprint density at radius 3 is 2.27 bits per heavy atom. The SMILES string of the molecule is O=C(/C=C/c1ccccc1)Nc1ccc(N2CCCCC2)c(C(=O)NCc2ccccc2)c1. The molecule has 1 heterocycles. The first kappa shape index (κ1) is 22.3. The molecule has 4 rings (SSSR count). The van der Waals surface area contributed by atoms with E-state index in [1.807, 2.05) is 72.8 Å². The summed E-state index contributed by atoms with van der Waals surface area (Å²) in [5.41, 5.74) is 4.09. The third-order valence-electron chi connectivity index (χ3n) is 5.73. The van der Waals surface area contributed by atoms with E-state index in [-0.39, 0.29) is 11.8 Å². The molecule has 0 unspecified atom stereocenters. The predicted molar refractivity (Wildman–Crippen MR) is 134 cm³/mol. The lowest BCUT2D eigenvalue weighted by atomic mass is 10.1. The largest absolute Gasteiger partial charge is 0.371 e. The molecule has 5 nitrogen and oxygen atoms in total. The highest BCUT2D eigenvalue weighted by molar-refractivity contribution is 6.05. The number of hydrogen-bond donors (Lipinski definition) is 2. The molecule has 3 aromatic carbocycles. The molecular weight excluding hydrogens is 410 g/mol. The first-order valence-corrected chi connectivity index (χ1v) is 11.4. The highest BCUT2D eigenvalue weighted by atomic mass is 16.2. The number of hydrogen-bond acceptors (Lipinski definition) is 3. The van der Waals surface area contributed by atoms with Crippen LogP contribution in [0.5, 0.6) is 0 Å². The van der Waals surface area contributed by atoms with Gasteiger partial charge in [0.05, 0.1) is 5.56 Å². The summed E-state index contributed by atoms with van der Waals surface area (Å²) in [6.45, 7) is 2.32. The average Bonchev–Trinajstić information content (AvgIpc) is 2.88. The molecular formula is C28H29N3O2. The fourth-order valence-electron chi connectivity index (χ4n) is 4.00. The van der Waals surface area contributed by atoms with E-state index in [1.165, 1.54) is 12.5 Å². The molecule has 5 heteroatoms. The summed E-state index contributed by atoms with van der Waals surface area (Å²) in [4.78, 5) is 27.9. The van der Waals surface area contributed by atoms with E-state index >= 15 is 0 Å². The first-order valence-electron chi connectivity index (χ1n) is 11.4. The molecule has 0 atom stereocenters. The Morgan fingerprint density at radius 1 is 0.848 bits per heavy atom. The van der Waals surface area contributed by atoms with Crippen LogP contribution >= 0.6 is 0 Å². The fraction of sp³-hybridized carbons (Fsp3) is 0.214. The molecule has 0 spiro atoms. The lowest BCUT2D eigenvalue weighted by Gasteiger charge is -2.30. The minimum absolute atomic E-state index is 0.143. The van der Waals surface area contributed by atoms with Crippen LogP contribution in [-0.2, 0) is 11.3 Å². The molecule has 0 aliphatic carbocycles. The van der Waals surface area contributed by atoms with Crippen molar-refractivity contribution in [2.45, 2.75) is 25.8 Å². The molecule has 168 valence electrons. The normalized spacial score (nSPS) is 13.6. The summed E-state index contributed by atoms with van der Waals surface area (Å²) in [5, 5.41) is 5.92. The van der Waals surface area contributed by atoms with Crippen LogP contribution in [-0.4, -0.2) is 24.9 Å². The van der Waals surface area contributed by atoms with Gasteiger partial charge in [0.1, 0.15) is 0 Å². The minimum atomic E-state index is -0.236. The van der Waals surface area contributed by atoms with E-state index in [2.05, 4.69) is 15.5 Å². The highest BCUT2D eigenvalue weighted by Gasteiger charge is 2.19. The van der Waals surface area contributed by atoms with Crippen LogP contribution in [0.3, 0.4) is 0 Å². The standard InChI is InChI=1S/C28H29N3O2/c32-27(17-14-22-10-4-1-5-11-22)30-24-15-16-26(31-18-8-3-9-19-31)25(20-24)28(33)29-21-23-12-6-2-7-13-23/h1-2,4-7,10-17,20H,3,8-9,18-19,21H2,(H,29,33)(H,30,32)/b17-14+. The zero-order valence-electron chi connectivity index (χ0n) is 18.7. The van der Waals surface area contributed by atoms with Crippen molar-refractivity contribution in [2.24, 2.45) is 0 Å². The molecule has 0 saturated carbocycles. The smallest absolute Gasteiger partial charge is 0.253 e. The molecule has 1 aliphatic heterocycles. The van der Waals surface area contributed by atoms with Crippen LogP contribution < -0.4 is 15.5 Å². The maximum atomic E-state index is 13.2. The lowest BCUT2D eigenvalue weighted by molar-refractivity contribution is -0.111. The number of nitrogens with one attached hydrogen (secondary N) is 2. The van der Waals surface area contributed by atoms with Crippen LogP contribution in [0.25, 0.3) is 6.08 Å². The van der Waals surface area contributed by atoms with Gasteiger partial charge in [-0.2, -0.15) is 0 Å². The minimum Gasteiger partial charge on any atom is -0.371 e. The maximum Gasteiger partial charge on any atom is 0.253 e. The van der Waals surface area contributed by atoms with Crippen LogP contribution in [0.15, 0.2) is 84.9 Å². The van der Waals surface area contributed by atoms with Gasteiger partial charge in [0.15, 0.2) is 0 Å². The number of piperidine rings is 1. The lowest BCUT2D eigenvalue weighted by Crippen LogP contribution is -2.32. The van der Waals surface area contributed by atoms with Crippen molar-refractivity contribution in [2.75, 3.05) is 23.3 Å². The molecule has 33 heavy (non-hydrogen) atoms. The van der Waals surface area contributed by atoms with E-state index in [9.17, 15) is 9.59 Å². The molecule has 0 radical (unpaired) electrons. The van der Waals surface area contributed by atoms with Crippen molar-refractivity contribution in [1.82, 2.24) is 5.32 Å². The summed E-state index contributed by atoms with van der Waals surface area (Å²) < 4.78 is 0. The van der Waals surface area contributed by atoms with E-state index < -0.39 is 0 Å². The van der Waals surface area contributed by atoms with E-state index in [0.717, 1.165) is 42.7 Å². The molecule has 3 aromatic rings. The number of nitrogens with zero attached hydrogens (tertiary/aromatic N) is 1. The summed E-state index contributed by atoms with van der Waals surface area (Å²) in [7, 11) is 0. The molecule has 2 N–H and O–H groups in total. The number of anilines is 2. The van der Waals surface area contributed by atoms with Crippen molar-refractivity contribution >= 4 is 29.3 Å². The monoisotopic (exact) mass is 439 g/mol. The van der Waals surface area contributed by atoms with Gasteiger partial charge in [-0.1, -0.05) is 60.7 Å². The number of rotatable bonds is 7. The Kier molecular flexibility index (Phi) is 7.54. The molecule has 0 aromatic heterocycles. The Morgan fingerprint density at radius 2 is 1.55 bits per heavy atom. The Bertz CT molecular complexity index is 1100. The second kappa shape index (κ2) is 11.1. The quantitative estimate of drug-likeness (QED) is 0.494. The van der Waals surface area contributed by atoms with Crippen LogP contribution in [0.1, 0.15) is 40.7 Å². The summed E-state index contributed by atoms with van der Waals surface area (Å²) in [6.07, 6.45) is 6.73. The molecule has 1 aliphatic rings. The third kappa shape index (κ3) is 6.32. The Hall–Kier alpha value is -3.86. The van der Waals surface area contributed by atoms with Gasteiger partial charge < -0.3 is 15.5 Å². The molecule has 1 saturated heterocycles. The van der Waals surface area contributed by atoms with E-state index in [0.29, 0.717) is 17.8 Å². The first-order chi connectivity index (χ1) is 16.2. The number of benzene rings is 3. The van der Waals surface area contributed by atoms with Gasteiger partial charge in [0.25, 0.3) is 5.91 Å². The Balaban J connectivity index is 1.51. The summed E-state index contributed by atoms with van der Waals surface area (Å²) in [5.74, 6) is -0.379.